The van der Waals surface area contributed by atoms with Crippen molar-refractivity contribution in [2.24, 2.45) is 11.7 Å². The number of anilines is 1. The highest BCUT2D eigenvalue weighted by atomic mass is 35.5. The number of rotatable bonds is 4. The smallest absolute Gasteiger partial charge is 0.264 e. The van der Waals surface area contributed by atoms with Crippen LogP contribution in [-0.4, -0.2) is 38.1 Å². The van der Waals surface area contributed by atoms with Crippen LogP contribution in [0.2, 0.25) is 5.02 Å². The van der Waals surface area contributed by atoms with E-state index in [1.54, 1.807) is 19.2 Å². The number of nitrogens with two attached hydrogens (primary N) is 1. The minimum absolute atomic E-state index is 0.0787. The van der Waals surface area contributed by atoms with E-state index in [1.165, 1.54) is 11.3 Å². The van der Waals surface area contributed by atoms with E-state index in [0.29, 0.717) is 34.5 Å². The van der Waals surface area contributed by atoms with Gasteiger partial charge in [-0.25, -0.2) is 0 Å². The highest BCUT2D eigenvalue weighted by molar-refractivity contribution is 6.31. The molecule has 1 saturated carbocycles. The summed E-state index contributed by atoms with van der Waals surface area (Å²) in [5, 5.41) is 3.54. The average Bonchev–Trinajstić information content (AvgIpc) is 2.60. The molecule has 1 aliphatic heterocycles. The van der Waals surface area contributed by atoms with Gasteiger partial charge in [0, 0.05) is 18.1 Å². The number of carbonyl (C=O) groups is 2. The SMILES string of the molecule is CN1C(=O)COc2c(C(=O)N[C@H]3CCCCC3CCN)cc(Cl)cc21. The Morgan fingerprint density at radius 1 is 1.40 bits per heavy atom. The Hall–Kier alpha value is -1.79. The van der Waals surface area contributed by atoms with E-state index < -0.39 is 0 Å². The monoisotopic (exact) mass is 365 g/mol. The molecule has 1 heterocycles. The lowest BCUT2D eigenvalue weighted by Gasteiger charge is -2.33. The van der Waals surface area contributed by atoms with Gasteiger partial charge in [0.15, 0.2) is 12.4 Å². The second-order valence-corrected chi connectivity index (χ2v) is 7.18. The summed E-state index contributed by atoms with van der Waals surface area (Å²) in [6.45, 7) is 0.546. The Balaban J connectivity index is 1.85. The molecule has 136 valence electrons. The minimum Gasteiger partial charge on any atom is -0.481 e. The second kappa shape index (κ2) is 7.62. The van der Waals surface area contributed by atoms with Gasteiger partial charge in [-0.1, -0.05) is 24.4 Å². The van der Waals surface area contributed by atoms with Crippen molar-refractivity contribution in [1.29, 1.82) is 0 Å². The van der Waals surface area contributed by atoms with Gasteiger partial charge in [0.2, 0.25) is 0 Å². The molecule has 2 atom stereocenters. The van der Waals surface area contributed by atoms with Crippen LogP contribution in [0.25, 0.3) is 0 Å². The normalized spacial score (nSPS) is 23.0. The fourth-order valence-electron chi connectivity index (χ4n) is 3.72. The van der Waals surface area contributed by atoms with Gasteiger partial charge in [-0.15, -0.1) is 0 Å². The van der Waals surface area contributed by atoms with Crippen LogP contribution in [0.4, 0.5) is 5.69 Å². The summed E-state index contributed by atoms with van der Waals surface area (Å²) in [7, 11) is 1.65. The predicted molar refractivity (Wildman–Crippen MR) is 97.2 cm³/mol. The summed E-state index contributed by atoms with van der Waals surface area (Å²) in [5.74, 6) is 0.435. The number of nitrogens with one attached hydrogen (secondary N) is 1. The van der Waals surface area contributed by atoms with Crippen molar-refractivity contribution in [1.82, 2.24) is 5.32 Å². The highest BCUT2D eigenvalue weighted by Gasteiger charge is 2.31. The zero-order valence-electron chi connectivity index (χ0n) is 14.4. The molecule has 1 aliphatic carbocycles. The van der Waals surface area contributed by atoms with Crippen LogP contribution in [-0.2, 0) is 4.79 Å². The van der Waals surface area contributed by atoms with Gasteiger partial charge in [-0.05, 0) is 43.9 Å². The van der Waals surface area contributed by atoms with E-state index in [1.807, 2.05) is 0 Å². The number of likely N-dealkylation sites (N-methyl/N-ethyl adjacent to an activating group) is 1. The van der Waals surface area contributed by atoms with Crippen LogP contribution in [0.5, 0.6) is 5.75 Å². The molecular weight excluding hydrogens is 342 g/mol. The first-order valence-corrected chi connectivity index (χ1v) is 9.13. The van der Waals surface area contributed by atoms with E-state index in [2.05, 4.69) is 5.32 Å². The summed E-state index contributed by atoms with van der Waals surface area (Å²) in [4.78, 5) is 26.2. The molecule has 6 nitrogen and oxygen atoms in total. The first-order chi connectivity index (χ1) is 12.0. The van der Waals surface area contributed by atoms with Gasteiger partial charge in [0.25, 0.3) is 11.8 Å². The van der Waals surface area contributed by atoms with Crippen LogP contribution in [0.1, 0.15) is 42.5 Å². The number of carbonyl (C=O) groups excluding carboxylic acids is 2. The number of nitrogens with zero attached hydrogens (tertiary/aromatic N) is 1. The average molecular weight is 366 g/mol. The number of hydrogen-bond acceptors (Lipinski definition) is 4. The van der Waals surface area contributed by atoms with Gasteiger partial charge in [0.05, 0.1) is 11.3 Å². The van der Waals surface area contributed by atoms with Crippen LogP contribution >= 0.6 is 11.6 Å². The van der Waals surface area contributed by atoms with Gasteiger partial charge < -0.3 is 20.7 Å². The maximum Gasteiger partial charge on any atom is 0.264 e. The molecule has 0 aromatic heterocycles. The zero-order chi connectivity index (χ0) is 18.0. The van der Waals surface area contributed by atoms with Crippen LogP contribution in [0.15, 0.2) is 12.1 Å². The molecule has 1 aromatic carbocycles. The standard InChI is InChI=1S/C18H24ClN3O3/c1-22-15-9-12(19)8-13(17(15)25-10-16(22)23)18(24)21-14-5-3-2-4-11(14)6-7-20/h8-9,11,14H,2-7,10,20H2,1H3,(H,21,24)/t11?,14-/m0/s1. The molecule has 1 fully saturated rings. The zero-order valence-corrected chi connectivity index (χ0v) is 15.1. The van der Waals surface area contributed by atoms with Crippen molar-refractivity contribution < 1.29 is 14.3 Å². The molecule has 7 heteroatoms. The first kappa shape index (κ1) is 18.0. The largest absolute Gasteiger partial charge is 0.481 e. The molecule has 3 N–H and O–H groups in total. The van der Waals surface area contributed by atoms with Crippen LogP contribution < -0.4 is 20.7 Å². The lowest BCUT2D eigenvalue weighted by Crippen LogP contribution is -2.43. The topological polar surface area (TPSA) is 84.7 Å². The summed E-state index contributed by atoms with van der Waals surface area (Å²) >= 11 is 6.17. The van der Waals surface area contributed by atoms with Crippen molar-refractivity contribution in [3.63, 3.8) is 0 Å². The Labute approximate surface area is 152 Å². The number of fused-ring (bicyclic) bond motifs is 1. The summed E-state index contributed by atoms with van der Waals surface area (Å²) < 4.78 is 5.55. The fraction of sp³-hybridized carbons (Fsp3) is 0.556. The van der Waals surface area contributed by atoms with E-state index in [4.69, 9.17) is 22.1 Å². The summed E-state index contributed by atoms with van der Waals surface area (Å²) in [6, 6.07) is 3.35. The third kappa shape index (κ3) is 3.75. The highest BCUT2D eigenvalue weighted by Crippen LogP contribution is 2.38. The van der Waals surface area contributed by atoms with Gasteiger partial charge in [-0.3, -0.25) is 9.59 Å². The van der Waals surface area contributed by atoms with Crippen molar-refractivity contribution in [2.45, 2.75) is 38.1 Å². The minimum atomic E-state index is -0.213. The Morgan fingerprint density at radius 2 is 2.16 bits per heavy atom. The van der Waals surface area contributed by atoms with E-state index >= 15 is 0 Å². The summed E-state index contributed by atoms with van der Waals surface area (Å²) in [5.41, 5.74) is 6.61. The third-order valence-corrected chi connectivity index (χ3v) is 5.34. The fourth-order valence-corrected chi connectivity index (χ4v) is 3.93. The molecule has 1 unspecified atom stereocenters. The molecule has 0 radical (unpaired) electrons. The number of benzene rings is 1. The molecule has 2 aliphatic rings. The molecule has 1 aromatic rings. The van der Waals surface area contributed by atoms with Crippen LogP contribution in [0, 0.1) is 5.92 Å². The first-order valence-electron chi connectivity index (χ1n) is 8.75. The predicted octanol–water partition coefficient (Wildman–Crippen LogP) is 2.33. The number of amides is 2. The van der Waals surface area contributed by atoms with E-state index in [0.717, 1.165) is 25.7 Å². The molecule has 0 spiro atoms. The molecule has 2 amide bonds. The Bertz CT molecular complexity index is 678. The quantitative estimate of drug-likeness (QED) is 0.857. The molecule has 3 rings (SSSR count). The van der Waals surface area contributed by atoms with Crippen LogP contribution in [0.3, 0.4) is 0 Å². The lowest BCUT2D eigenvalue weighted by molar-refractivity contribution is -0.121. The Kier molecular flexibility index (Phi) is 5.49. The molecule has 0 bridgehead atoms. The number of hydrogen-bond donors (Lipinski definition) is 2. The maximum atomic E-state index is 12.9. The molecule has 25 heavy (non-hydrogen) atoms. The summed E-state index contributed by atoms with van der Waals surface area (Å²) in [6.07, 6.45) is 5.24. The van der Waals surface area contributed by atoms with Gasteiger partial charge in [0.1, 0.15) is 0 Å². The number of halogens is 1. The van der Waals surface area contributed by atoms with Gasteiger partial charge in [-0.2, -0.15) is 0 Å². The number of ether oxygens (including phenoxy) is 1. The molecule has 0 saturated heterocycles. The van der Waals surface area contributed by atoms with E-state index in [9.17, 15) is 9.59 Å². The van der Waals surface area contributed by atoms with E-state index in [-0.39, 0.29) is 24.5 Å². The third-order valence-electron chi connectivity index (χ3n) is 5.12. The maximum absolute atomic E-state index is 12.9. The van der Waals surface area contributed by atoms with Crippen molar-refractivity contribution >= 4 is 29.1 Å². The van der Waals surface area contributed by atoms with Crippen molar-refractivity contribution in [3.8, 4) is 5.75 Å². The lowest BCUT2D eigenvalue weighted by atomic mass is 9.82. The van der Waals surface area contributed by atoms with Gasteiger partial charge >= 0.3 is 0 Å². The van der Waals surface area contributed by atoms with Crippen molar-refractivity contribution in [2.75, 3.05) is 25.1 Å². The molecular formula is C18H24ClN3O3. The van der Waals surface area contributed by atoms with Crippen molar-refractivity contribution in [3.05, 3.63) is 22.7 Å². The Morgan fingerprint density at radius 3 is 2.92 bits per heavy atom. The second-order valence-electron chi connectivity index (χ2n) is 6.74.